The molecule has 0 radical (unpaired) electrons. The van der Waals surface area contributed by atoms with Crippen LogP contribution in [0.25, 0.3) is 0 Å². The second-order valence-corrected chi connectivity index (χ2v) is 5.03. The number of amides is 2. The van der Waals surface area contributed by atoms with E-state index in [1.54, 1.807) is 25.9 Å². The zero-order valence-electron chi connectivity index (χ0n) is 12.5. The van der Waals surface area contributed by atoms with Crippen molar-refractivity contribution in [1.82, 2.24) is 5.32 Å². The fraction of sp³-hybridized carbons (Fsp3) is 0.500. The topological polar surface area (TPSA) is 44.4 Å². The first-order valence-corrected chi connectivity index (χ1v) is 6.61. The number of carbonyl (C=O) groups excluding carboxylic acids is 1. The number of halogens is 3. The molecule has 0 aromatic heterocycles. The summed E-state index contributed by atoms with van der Waals surface area (Å²) in [7, 11) is 3.30. The predicted molar refractivity (Wildman–Crippen MR) is 77.7 cm³/mol. The molecule has 0 saturated heterocycles. The molecule has 7 heteroatoms. The number of urea groups is 1. The Labute approximate surface area is 122 Å². The van der Waals surface area contributed by atoms with Crippen LogP contribution in [0.5, 0.6) is 0 Å². The summed E-state index contributed by atoms with van der Waals surface area (Å²) in [5.74, 6) is 0. The Morgan fingerprint density at radius 2 is 1.95 bits per heavy atom. The van der Waals surface area contributed by atoms with Crippen molar-refractivity contribution in [3.05, 3.63) is 23.8 Å². The molecule has 0 fully saturated rings. The van der Waals surface area contributed by atoms with E-state index in [1.807, 2.05) is 6.92 Å². The smallest absolute Gasteiger partial charge is 0.378 e. The van der Waals surface area contributed by atoms with Crippen LogP contribution in [0.4, 0.5) is 29.3 Å². The van der Waals surface area contributed by atoms with Crippen LogP contribution < -0.4 is 15.5 Å². The maximum Gasteiger partial charge on any atom is 0.418 e. The SMILES string of the molecule is CCC(C)NC(=O)Nc1ccc(N(C)C)cc1C(F)(F)F. The van der Waals surface area contributed by atoms with Gasteiger partial charge in [0.05, 0.1) is 11.3 Å². The van der Waals surface area contributed by atoms with Crippen LogP contribution in [0.15, 0.2) is 18.2 Å². The molecule has 21 heavy (non-hydrogen) atoms. The molecule has 0 aliphatic carbocycles. The summed E-state index contributed by atoms with van der Waals surface area (Å²) in [6, 6.07) is 3.04. The minimum Gasteiger partial charge on any atom is -0.378 e. The molecule has 0 heterocycles. The van der Waals surface area contributed by atoms with Crippen molar-refractivity contribution in [2.45, 2.75) is 32.5 Å². The van der Waals surface area contributed by atoms with E-state index < -0.39 is 17.8 Å². The number of benzene rings is 1. The molecule has 118 valence electrons. The number of nitrogens with one attached hydrogen (secondary N) is 2. The molecule has 0 aliphatic heterocycles. The van der Waals surface area contributed by atoms with Crippen molar-refractivity contribution >= 4 is 17.4 Å². The average molecular weight is 303 g/mol. The van der Waals surface area contributed by atoms with Gasteiger partial charge in [-0.1, -0.05) is 6.92 Å². The standard InChI is InChI=1S/C14H20F3N3O/c1-5-9(2)18-13(21)19-12-7-6-10(20(3)4)8-11(12)14(15,16)17/h6-9H,5H2,1-4H3,(H2,18,19,21). The molecule has 0 spiro atoms. The number of carbonyl (C=O) groups is 1. The summed E-state index contributed by atoms with van der Waals surface area (Å²) in [5.41, 5.74) is -0.711. The number of anilines is 2. The van der Waals surface area contributed by atoms with Gasteiger partial charge in [0.15, 0.2) is 0 Å². The third kappa shape index (κ3) is 4.84. The van der Waals surface area contributed by atoms with Crippen LogP contribution in [-0.2, 0) is 6.18 Å². The lowest BCUT2D eigenvalue weighted by atomic mass is 10.1. The van der Waals surface area contributed by atoms with Crippen LogP contribution in [0.3, 0.4) is 0 Å². The Hall–Kier alpha value is -1.92. The maximum absolute atomic E-state index is 13.1. The van der Waals surface area contributed by atoms with Crippen LogP contribution in [0.1, 0.15) is 25.8 Å². The highest BCUT2D eigenvalue weighted by atomic mass is 19.4. The van der Waals surface area contributed by atoms with Crippen LogP contribution in [-0.4, -0.2) is 26.2 Å². The van der Waals surface area contributed by atoms with Crippen molar-refractivity contribution in [3.8, 4) is 0 Å². The zero-order chi connectivity index (χ0) is 16.2. The number of nitrogens with zero attached hydrogens (tertiary/aromatic N) is 1. The maximum atomic E-state index is 13.1. The van der Waals surface area contributed by atoms with Gasteiger partial charge >= 0.3 is 12.2 Å². The molecule has 1 atom stereocenters. The predicted octanol–water partition coefficient (Wildman–Crippen LogP) is 3.69. The zero-order valence-corrected chi connectivity index (χ0v) is 12.5. The van der Waals surface area contributed by atoms with Crippen molar-refractivity contribution in [1.29, 1.82) is 0 Å². The Balaban J connectivity index is 3.04. The molecule has 0 bridgehead atoms. The summed E-state index contributed by atoms with van der Waals surface area (Å²) in [6.45, 7) is 3.65. The van der Waals surface area contributed by atoms with Gasteiger partial charge in [0.25, 0.3) is 0 Å². The van der Waals surface area contributed by atoms with Crippen LogP contribution >= 0.6 is 0 Å². The lowest BCUT2D eigenvalue weighted by Gasteiger charge is -2.19. The molecular weight excluding hydrogens is 283 g/mol. The van der Waals surface area contributed by atoms with Crippen LogP contribution in [0, 0.1) is 0 Å². The highest BCUT2D eigenvalue weighted by molar-refractivity contribution is 5.90. The summed E-state index contributed by atoms with van der Waals surface area (Å²) in [4.78, 5) is 13.2. The number of hydrogen-bond acceptors (Lipinski definition) is 2. The molecule has 0 saturated carbocycles. The van der Waals surface area contributed by atoms with E-state index >= 15 is 0 Å². The number of hydrogen-bond donors (Lipinski definition) is 2. The molecule has 0 aliphatic rings. The van der Waals surface area contributed by atoms with Gasteiger partial charge in [0.1, 0.15) is 0 Å². The van der Waals surface area contributed by atoms with Crippen molar-refractivity contribution in [2.75, 3.05) is 24.3 Å². The van der Waals surface area contributed by atoms with E-state index in [4.69, 9.17) is 0 Å². The highest BCUT2D eigenvalue weighted by Crippen LogP contribution is 2.37. The highest BCUT2D eigenvalue weighted by Gasteiger charge is 2.34. The Kier molecular flexibility index (Phi) is 5.46. The summed E-state index contributed by atoms with van der Waals surface area (Å²) in [5, 5.41) is 4.83. The molecule has 1 aromatic carbocycles. The van der Waals surface area contributed by atoms with Gasteiger partial charge in [-0.25, -0.2) is 4.79 Å². The van der Waals surface area contributed by atoms with E-state index in [0.29, 0.717) is 12.1 Å². The number of rotatable bonds is 4. The molecule has 2 N–H and O–H groups in total. The molecule has 1 aromatic rings. The Bertz CT molecular complexity index is 501. The van der Waals surface area contributed by atoms with Crippen molar-refractivity contribution < 1.29 is 18.0 Å². The monoisotopic (exact) mass is 303 g/mol. The fourth-order valence-electron chi connectivity index (χ4n) is 1.64. The Morgan fingerprint density at radius 1 is 1.33 bits per heavy atom. The minimum absolute atomic E-state index is 0.111. The van der Waals surface area contributed by atoms with Crippen molar-refractivity contribution in [3.63, 3.8) is 0 Å². The third-order valence-corrected chi connectivity index (χ3v) is 3.06. The summed E-state index contributed by atoms with van der Waals surface area (Å²) >= 11 is 0. The van der Waals surface area contributed by atoms with E-state index in [1.165, 1.54) is 12.1 Å². The first-order chi connectivity index (χ1) is 9.65. The van der Waals surface area contributed by atoms with Crippen molar-refractivity contribution in [2.24, 2.45) is 0 Å². The Morgan fingerprint density at radius 3 is 2.43 bits per heavy atom. The fourth-order valence-corrected chi connectivity index (χ4v) is 1.64. The average Bonchev–Trinajstić information content (AvgIpc) is 2.37. The number of alkyl halides is 3. The van der Waals surface area contributed by atoms with E-state index in [-0.39, 0.29) is 11.7 Å². The van der Waals surface area contributed by atoms with Gasteiger partial charge in [0, 0.05) is 25.8 Å². The first-order valence-electron chi connectivity index (χ1n) is 6.61. The summed E-state index contributed by atoms with van der Waals surface area (Å²) in [6.07, 6.45) is -3.84. The first kappa shape index (κ1) is 17.1. The van der Waals surface area contributed by atoms with Gasteiger partial charge in [-0.05, 0) is 31.5 Å². The van der Waals surface area contributed by atoms with Gasteiger partial charge in [-0.3, -0.25) is 0 Å². The quantitative estimate of drug-likeness (QED) is 0.891. The largest absolute Gasteiger partial charge is 0.418 e. The summed E-state index contributed by atoms with van der Waals surface area (Å²) < 4.78 is 39.2. The minimum atomic E-state index is -4.54. The van der Waals surface area contributed by atoms with Gasteiger partial charge in [0.2, 0.25) is 0 Å². The molecule has 1 unspecified atom stereocenters. The molecule has 1 rings (SSSR count). The third-order valence-electron chi connectivity index (χ3n) is 3.06. The normalized spacial score (nSPS) is 12.7. The van der Waals surface area contributed by atoms with Gasteiger partial charge in [-0.15, -0.1) is 0 Å². The van der Waals surface area contributed by atoms with Gasteiger partial charge in [-0.2, -0.15) is 13.2 Å². The van der Waals surface area contributed by atoms with Crippen LogP contribution in [0.2, 0.25) is 0 Å². The van der Waals surface area contributed by atoms with E-state index in [9.17, 15) is 18.0 Å². The molecule has 4 nitrogen and oxygen atoms in total. The van der Waals surface area contributed by atoms with E-state index in [2.05, 4.69) is 10.6 Å². The molecule has 2 amide bonds. The second-order valence-electron chi connectivity index (χ2n) is 5.03. The lowest BCUT2D eigenvalue weighted by Crippen LogP contribution is -2.36. The van der Waals surface area contributed by atoms with E-state index in [0.717, 1.165) is 6.07 Å². The second kappa shape index (κ2) is 6.69. The lowest BCUT2D eigenvalue weighted by molar-refractivity contribution is -0.136. The molecular formula is C14H20F3N3O. The van der Waals surface area contributed by atoms with Gasteiger partial charge < -0.3 is 15.5 Å².